The number of phosphoric acid groups is 1. The quantitative estimate of drug-likeness (QED) is 0.0197. The van der Waals surface area contributed by atoms with Gasteiger partial charge in [-0.15, -0.1) is 0 Å². The highest BCUT2D eigenvalue weighted by atomic mass is 31.2. The maximum Gasteiger partial charge on any atom is 0.472 e. The summed E-state index contributed by atoms with van der Waals surface area (Å²) in [6.45, 7) is 4.31. The summed E-state index contributed by atoms with van der Waals surface area (Å²) < 4.78 is 39.4. The molecule has 0 radical (unpaired) electrons. The van der Waals surface area contributed by atoms with E-state index in [9.17, 15) is 28.9 Å². The number of carbonyl (C=O) groups excluding carboxylic acids is 3. The molecule has 2 N–H and O–H groups in total. The highest BCUT2D eigenvalue weighted by Gasteiger charge is 2.28. The number of aliphatic hydroxyl groups excluding tert-OH is 1. The monoisotopic (exact) mass is 1050 g/mol. The molecule has 0 aromatic rings. The van der Waals surface area contributed by atoms with Crippen molar-refractivity contribution in [3.05, 3.63) is 109 Å². The van der Waals surface area contributed by atoms with E-state index >= 15 is 0 Å². The maximum atomic E-state index is 12.9. The summed E-state index contributed by atoms with van der Waals surface area (Å²) in [6.07, 6.45) is 66.4. The first-order chi connectivity index (χ1) is 36.2. The van der Waals surface area contributed by atoms with Gasteiger partial charge in [-0.2, -0.15) is 0 Å². The van der Waals surface area contributed by atoms with Gasteiger partial charge in [0.25, 0.3) is 0 Å². The van der Waals surface area contributed by atoms with E-state index in [1.807, 2.05) is 12.2 Å². The van der Waals surface area contributed by atoms with Gasteiger partial charge in [0.15, 0.2) is 6.10 Å². The molecule has 422 valence electrons. The SMILES string of the molecule is CC/C=C\C/C=C\C/C=C\C/C=C\C/C=C\C/C=C\CCC(=O)OC(COC(=O)CCCCCCCCC/C=C\C/C=C\C/C=C\CC)COP(=O)(O)OCC(CO)OC(=O)CCCCCCCCCCCCC. The molecule has 0 saturated carbocycles. The van der Waals surface area contributed by atoms with Crippen LogP contribution in [0.25, 0.3) is 0 Å². The molecule has 0 amide bonds. The fourth-order valence-electron chi connectivity index (χ4n) is 7.40. The lowest BCUT2D eigenvalue weighted by atomic mass is 10.1. The molecule has 74 heavy (non-hydrogen) atoms. The van der Waals surface area contributed by atoms with Gasteiger partial charge in [-0.05, 0) is 89.9 Å². The van der Waals surface area contributed by atoms with Crippen LogP contribution >= 0.6 is 7.82 Å². The molecular weight excluding hydrogens is 952 g/mol. The number of hydrogen-bond donors (Lipinski definition) is 2. The standard InChI is InChI=1S/C62H103O11P/c1-4-7-10-13-16-19-22-24-26-28-29-31-33-35-38-41-44-47-50-53-62(66)73-59(55-69-60(64)51-48-45-42-39-37-34-32-30-27-25-23-20-17-14-11-8-5-2)57-71-74(67,68)70-56-58(54-63)72-61(65)52-49-46-43-40-36-21-18-15-12-9-6-3/h7-8,10-11,16-17,19-20,24-27,29,31,35,38,44,47,58-59,63H,4-6,9,12-15,18,21-23,28,30,32-34,36-37,39-43,45-46,48-57H2,1-3H3,(H,67,68)/b10-7-,11-8-,19-16-,20-17-,26-24-,27-25-,31-29-,38-35-,47-44-. The first kappa shape index (κ1) is 70.1. The van der Waals surface area contributed by atoms with Crippen molar-refractivity contribution in [2.24, 2.45) is 0 Å². The third-order valence-electron chi connectivity index (χ3n) is 11.7. The molecular formula is C62H103O11P. The molecule has 0 aliphatic rings. The normalized spacial score (nSPS) is 14.2. The van der Waals surface area contributed by atoms with Gasteiger partial charge >= 0.3 is 25.7 Å². The van der Waals surface area contributed by atoms with Crippen LogP contribution in [0.2, 0.25) is 0 Å². The lowest BCUT2D eigenvalue weighted by molar-refractivity contribution is -0.161. The second-order valence-corrected chi connectivity index (χ2v) is 20.1. The second-order valence-electron chi connectivity index (χ2n) is 18.7. The number of hydrogen-bond acceptors (Lipinski definition) is 10. The zero-order chi connectivity index (χ0) is 54.1. The third-order valence-corrected chi connectivity index (χ3v) is 12.7. The molecule has 0 aliphatic heterocycles. The Morgan fingerprint density at radius 1 is 0.392 bits per heavy atom. The van der Waals surface area contributed by atoms with Gasteiger partial charge in [0.05, 0.1) is 19.8 Å². The lowest BCUT2D eigenvalue weighted by Crippen LogP contribution is -2.30. The fourth-order valence-corrected chi connectivity index (χ4v) is 8.18. The highest BCUT2D eigenvalue weighted by Crippen LogP contribution is 2.43. The summed E-state index contributed by atoms with van der Waals surface area (Å²) in [5, 5.41) is 9.79. The van der Waals surface area contributed by atoms with Crippen LogP contribution in [0.4, 0.5) is 0 Å². The van der Waals surface area contributed by atoms with E-state index < -0.39 is 57.8 Å². The Labute approximate surface area is 450 Å². The minimum Gasteiger partial charge on any atom is -0.462 e. The molecule has 0 aromatic carbocycles. The summed E-state index contributed by atoms with van der Waals surface area (Å²) in [5.74, 6) is -1.58. The van der Waals surface area contributed by atoms with E-state index in [1.165, 1.54) is 57.8 Å². The first-order valence-electron chi connectivity index (χ1n) is 28.8. The number of phosphoric ester groups is 1. The van der Waals surface area contributed by atoms with Crippen LogP contribution in [0.5, 0.6) is 0 Å². The summed E-state index contributed by atoms with van der Waals surface area (Å²) in [7, 11) is -4.77. The molecule has 0 rings (SSSR count). The van der Waals surface area contributed by atoms with E-state index in [1.54, 1.807) is 0 Å². The predicted molar refractivity (Wildman–Crippen MR) is 307 cm³/mol. The van der Waals surface area contributed by atoms with E-state index in [2.05, 4.69) is 118 Å². The summed E-state index contributed by atoms with van der Waals surface area (Å²) in [4.78, 5) is 48.5. The van der Waals surface area contributed by atoms with Gasteiger partial charge in [0.1, 0.15) is 12.7 Å². The Morgan fingerprint density at radius 3 is 1.16 bits per heavy atom. The Bertz CT molecular complexity index is 1660. The van der Waals surface area contributed by atoms with Crippen LogP contribution in [-0.4, -0.2) is 66.5 Å². The average molecular weight is 1060 g/mol. The largest absolute Gasteiger partial charge is 0.472 e. The number of unbranched alkanes of at least 4 members (excludes halogenated alkanes) is 17. The summed E-state index contributed by atoms with van der Waals surface area (Å²) >= 11 is 0. The molecule has 0 saturated heterocycles. The van der Waals surface area contributed by atoms with Crippen molar-refractivity contribution < 1.29 is 52.2 Å². The Hall–Kier alpha value is -3.86. The third kappa shape index (κ3) is 53.0. The van der Waals surface area contributed by atoms with Crippen LogP contribution in [-0.2, 0) is 42.2 Å². The van der Waals surface area contributed by atoms with Crippen molar-refractivity contribution in [1.29, 1.82) is 0 Å². The number of esters is 3. The molecule has 12 heteroatoms. The number of ether oxygens (including phenoxy) is 3. The predicted octanol–water partition coefficient (Wildman–Crippen LogP) is 17.0. The number of rotatable bonds is 52. The van der Waals surface area contributed by atoms with Crippen molar-refractivity contribution in [3.63, 3.8) is 0 Å². The molecule has 3 unspecified atom stereocenters. The van der Waals surface area contributed by atoms with Crippen LogP contribution in [0.3, 0.4) is 0 Å². The average Bonchev–Trinajstić information content (AvgIpc) is 3.39. The van der Waals surface area contributed by atoms with Gasteiger partial charge in [0, 0.05) is 19.3 Å². The highest BCUT2D eigenvalue weighted by molar-refractivity contribution is 7.47. The van der Waals surface area contributed by atoms with Gasteiger partial charge in [-0.1, -0.05) is 226 Å². The number of carbonyl (C=O) groups is 3. The zero-order valence-electron chi connectivity index (χ0n) is 46.5. The van der Waals surface area contributed by atoms with Crippen molar-refractivity contribution in [2.45, 2.75) is 238 Å². The number of allylic oxidation sites excluding steroid dienone is 18. The summed E-state index contributed by atoms with van der Waals surface area (Å²) in [6, 6.07) is 0. The van der Waals surface area contributed by atoms with Crippen LogP contribution in [0.15, 0.2) is 109 Å². The van der Waals surface area contributed by atoms with Crippen LogP contribution in [0, 0.1) is 0 Å². The molecule has 0 aromatic heterocycles. The molecule has 0 bridgehead atoms. The second kappa shape index (κ2) is 55.4. The molecule has 11 nitrogen and oxygen atoms in total. The van der Waals surface area contributed by atoms with Gasteiger partial charge in [0.2, 0.25) is 0 Å². The Balaban J connectivity index is 4.87. The van der Waals surface area contributed by atoms with Gasteiger partial charge in [-0.25, -0.2) is 4.57 Å². The van der Waals surface area contributed by atoms with Gasteiger partial charge < -0.3 is 24.2 Å². The summed E-state index contributed by atoms with van der Waals surface area (Å²) in [5.41, 5.74) is 0. The molecule has 0 heterocycles. The van der Waals surface area contributed by atoms with E-state index in [4.69, 9.17) is 23.3 Å². The van der Waals surface area contributed by atoms with E-state index in [0.29, 0.717) is 25.7 Å². The lowest BCUT2D eigenvalue weighted by Gasteiger charge is -2.21. The minimum atomic E-state index is -4.77. The Kier molecular flexibility index (Phi) is 52.5. The van der Waals surface area contributed by atoms with Crippen molar-refractivity contribution in [2.75, 3.05) is 26.4 Å². The van der Waals surface area contributed by atoms with Crippen molar-refractivity contribution in [1.82, 2.24) is 0 Å². The zero-order valence-corrected chi connectivity index (χ0v) is 47.4. The minimum absolute atomic E-state index is 0.0361. The van der Waals surface area contributed by atoms with Crippen molar-refractivity contribution >= 4 is 25.7 Å². The maximum absolute atomic E-state index is 12.9. The fraction of sp³-hybridized carbons (Fsp3) is 0.661. The topological polar surface area (TPSA) is 155 Å². The van der Waals surface area contributed by atoms with E-state index in [0.717, 1.165) is 103 Å². The van der Waals surface area contributed by atoms with Crippen LogP contribution < -0.4 is 0 Å². The molecule has 0 spiro atoms. The smallest absolute Gasteiger partial charge is 0.462 e. The first-order valence-corrected chi connectivity index (χ1v) is 30.3. The van der Waals surface area contributed by atoms with E-state index in [-0.39, 0.29) is 25.9 Å². The van der Waals surface area contributed by atoms with Crippen molar-refractivity contribution in [3.8, 4) is 0 Å². The molecule has 0 aliphatic carbocycles. The Morgan fingerprint density at radius 2 is 0.730 bits per heavy atom. The molecule has 0 fully saturated rings. The molecule has 3 atom stereocenters. The number of aliphatic hydroxyl groups is 1. The van der Waals surface area contributed by atoms with Gasteiger partial charge in [-0.3, -0.25) is 23.4 Å². The van der Waals surface area contributed by atoms with Crippen LogP contribution in [0.1, 0.15) is 226 Å².